The maximum Gasteiger partial charge on any atom is 0.209 e. The molecule has 0 saturated heterocycles. The summed E-state index contributed by atoms with van der Waals surface area (Å²) in [6.07, 6.45) is 3.51. The number of allylic oxidation sites excluding steroid dienone is 2. The number of hydrogen-bond donors (Lipinski definition) is 1. The lowest BCUT2D eigenvalue weighted by atomic mass is 9.93. The van der Waals surface area contributed by atoms with Crippen molar-refractivity contribution in [2.75, 3.05) is 5.32 Å². The fourth-order valence-electron chi connectivity index (χ4n) is 3.28. The standard InChI is InChI=1S/C18H16N4O/c1-11-16(12(2)23)17(13-7-9-19-10-8-13)22-15-6-4-3-5-14(15)21-18(22)20-11/h3-10,17H,1-2H3,(H,20,21)/t17-/m0/s1. The van der Waals surface area contributed by atoms with Gasteiger partial charge in [0, 0.05) is 23.7 Å². The highest BCUT2D eigenvalue weighted by atomic mass is 16.1. The molecule has 1 aliphatic heterocycles. The van der Waals surface area contributed by atoms with Gasteiger partial charge in [0.1, 0.15) is 0 Å². The van der Waals surface area contributed by atoms with Crippen molar-refractivity contribution in [1.29, 1.82) is 0 Å². The monoisotopic (exact) mass is 304 g/mol. The number of imidazole rings is 1. The Labute approximate surface area is 133 Å². The first-order chi connectivity index (χ1) is 11.2. The molecule has 0 spiro atoms. The topological polar surface area (TPSA) is 59.8 Å². The van der Waals surface area contributed by atoms with Gasteiger partial charge in [0.15, 0.2) is 5.78 Å². The Hall–Kier alpha value is -2.95. The number of anilines is 1. The second-order valence-corrected chi connectivity index (χ2v) is 5.70. The summed E-state index contributed by atoms with van der Waals surface area (Å²) in [6.45, 7) is 3.53. The molecule has 114 valence electrons. The lowest BCUT2D eigenvalue weighted by Crippen LogP contribution is -2.26. The highest BCUT2D eigenvalue weighted by Crippen LogP contribution is 2.38. The van der Waals surface area contributed by atoms with Gasteiger partial charge in [0.2, 0.25) is 5.95 Å². The minimum absolute atomic E-state index is 0.0558. The molecule has 4 rings (SSSR count). The van der Waals surface area contributed by atoms with Crippen molar-refractivity contribution in [3.63, 3.8) is 0 Å². The molecular formula is C18H16N4O. The number of fused-ring (bicyclic) bond motifs is 3. The van der Waals surface area contributed by atoms with Gasteiger partial charge in [-0.3, -0.25) is 14.3 Å². The van der Waals surface area contributed by atoms with Crippen LogP contribution in [0.5, 0.6) is 0 Å². The molecule has 1 aromatic carbocycles. The summed E-state index contributed by atoms with van der Waals surface area (Å²) in [7, 11) is 0. The van der Waals surface area contributed by atoms with Crippen LogP contribution < -0.4 is 5.32 Å². The van der Waals surface area contributed by atoms with Crippen molar-refractivity contribution in [3.8, 4) is 0 Å². The maximum absolute atomic E-state index is 12.3. The smallest absolute Gasteiger partial charge is 0.209 e. The highest BCUT2D eigenvalue weighted by Gasteiger charge is 2.32. The molecule has 1 aliphatic rings. The summed E-state index contributed by atoms with van der Waals surface area (Å²) >= 11 is 0. The SMILES string of the molecule is CC(=O)C1=C(C)Nc2nc3ccccc3n2[C@H]1c1ccncc1. The normalized spacial score (nSPS) is 17.0. The fraction of sp³-hybridized carbons (Fsp3) is 0.167. The summed E-state index contributed by atoms with van der Waals surface area (Å²) in [4.78, 5) is 21.1. The van der Waals surface area contributed by atoms with Gasteiger partial charge in [-0.25, -0.2) is 4.98 Å². The third kappa shape index (κ3) is 2.04. The molecule has 0 saturated carbocycles. The summed E-state index contributed by atoms with van der Waals surface area (Å²) in [6, 6.07) is 11.7. The Balaban J connectivity index is 2.05. The number of ketones is 1. The van der Waals surface area contributed by atoms with Crippen LogP contribution >= 0.6 is 0 Å². The fourth-order valence-corrected chi connectivity index (χ4v) is 3.28. The number of carbonyl (C=O) groups is 1. The molecule has 5 heteroatoms. The van der Waals surface area contributed by atoms with E-state index in [0.29, 0.717) is 0 Å². The summed E-state index contributed by atoms with van der Waals surface area (Å²) in [5, 5.41) is 3.28. The molecule has 1 N–H and O–H groups in total. The van der Waals surface area contributed by atoms with Crippen LogP contribution in [-0.4, -0.2) is 20.3 Å². The minimum atomic E-state index is -0.195. The van der Waals surface area contributed by atoms with Crippen LogP contribution in [-0.2, 0) is 4.79 Å². The number of rotatable bonds is 2. The average Bonchev–Trinajstić information content (AvgIpc) is 2.91. The number of aromatic nitrogens is 3. The number of carbonyl (C=O) groups excluding carboxylic acids is 1. The zero-order chi connectivity index (χ0) is 16.0. The van der Waals surface area contributed by atoms with Crippen LogP contribution in [0.1, 0.15) is 25.5 Å². The zero-order valence-electron chi connectivity index (χ0n) is 12.9. The van der Waals surface area contributed by atoms with Crippen molar-refractivity contribution < 1.29 is 4.79 Å². The number of pyridine rings is 1. The first kappa shape index (κ1) is 13.7. The Morgan fingerprint density at radius 1 is 1.17 bits per heavy atom. The summed E-state index contributed by atoms with van der Waals surface area (Å²) in [5.74, 6) is 0.816. The number of para-hydroxylation sites is 2. The highest BCUT2D eigenvalue weighted by molar-refractivity contribution is 5.97. The molecule has 0 bridgehead atoms. The molecular weight excluding hydrogens is 288 g/mol. The molecule has 23 heavy (non-hydrogen) atoms. The molecule has 0 unspecified atom stereocenters. The molecule has 2 aromatic heterocycles. The average molecular weight is 304 g/mol. The molecule has 0 fully saturated rings. The summed E-state index contributed by atoms with van der Waals surface area (Å²) in [5.41, 5.74) is 4.54. The lowest BCUT2D eigenvalue weighted by molar-refractivity contribution is -0.114. The molecule has 1 atom stereocenters. The Morgan fingerprint density at radius 2 is 1.91 bits per heavy atom. The predicted molar refractivity (Wildman–Crippen MR) is 89.1 cm³/mol. The Kier molecular flexibility index (Phi) is 3.01. The maximum atomic E-state index is 12.3. The van der Waals surface area contributed by atoms with Crippen molar-refractivity contribution in [1.82, 2.24) is 14.5 Å². The molecule has 0 amide bonds. The van der Waals surface area contributed by atoms with E-state index in [2.05, 4.69) is 19.9 Å². The molecule has 0 aliphatic carbocycles. The van der Waals surface area contributed by atoms with Gasteiger partial charge in [-0.05, 0) is 43.7 Å². The predicted octanol–water partition coefficient (Wildman–Crippen LogP) is 3.31. The molecule has 0 radical (unpaired) electrons. The van der Waals surface area contributed by atoms with E-state index >= 15 is 0 Å². The van der Waals surface area contributed by atoms with Crippen molar-refractivity contribution in [3.05, 3.63) is 65.6 Å². The molecule has 3 aromatic rings. The first-order valence-corrected chi connectivity index (χ1v) is 7.52. The van der Waals surface area contributed by atoms with Crippen molar-refractivity contribution >= 4 is 22.8 Å². The van der Waals surface area contributed by atoms with Gasteiger partial charge >= 0.3 is 0 Å². The zero-order valence-corrected chi connectivity index (χ0v) is 12.9. The number of nitrogens with zero attached hydrogens (tertiary/aromatic N) is 3. The third-order valence-electron chi connectivity index (χ3n) is 4.23. The van der Waals surface area contributed by atoms with E-state index in [9.17, 15) is 4.79 Å². The van der Waals surface area contributed by atoms with E-state index in [4.69, 9.17) is 0 Å². The van der Waals surface area contributed by atoms with Crippen LogP contribution in [0.15, 0.2) is 60.1 Å². The first-order valence-electron chi connectivity index (χ1n) is 7.52. The number of nitrogens with one attached hydrogen (secondary N) is 1. The van der Waals surface area contributed by atoms with E-state index in [1.807, 2.05) is 43.3 Å². The molecule has 5 nitrogen and oxygen atoms in total. The number of benzene rings is 1. The quantitative estimate of drug-likeness (QED) is 0.789. The number of hydrogen-bond acceptors (Lipinski definition) is 4. The largest absolute Gasteiger partial charge is 0.329 e. The van der Waals surface area contributed by atoms with Gasteiger partial charge in [-0.15, -0.1) is 0 Å². The lowest BCUT2D eigenvalue weighted by Gasteiger charge is -2.30. The van der Waals surface area contributed by atoms with Crippen molar-refractivity contribution in [2.45, 2.75) is 19.9 Å². The number of Topliss-reactive ketones (excluding diaryl/α,β-unsaturated/α-hetero) is 1. The van der Waals surface area contributed by atoms with Gasteiger partial charge in [-0.1, -0.05) is 12.1 Å². The van der Waals surface area contributed by atoms with Crippen molar-refractivity contribution in [2.24, 2.45) is 0 Å². The van der Waals surface area contributed by atoms with Gasteiger partial charge < -0.3 is 5.32 Å². The Bertz CT molecular complexity index is 940. The van der Waals surface area contributed by atoms with E-state index in [0.717, 1.165) is 33.8 Å². The van der Waals surface area contributed by atoms with E-state index < -0.39 is 0 Å². The van der Waals surface area contributed by atoms with E-state index in [1.165, 1.54) is 0 Å². The van der Waals surface area contributed by atoms with Gasteiger partial charge in [-0.2, -0.15) is 0 Å². The van der Waals surface area contributed by atoms with E-state index in [-0.39, 0.29) is 11.8 Å². The second kappa shape index (κ2) is 5.05. The van der Waals surface area contributed by atoms with Crippen LogP contribution in [0.3, 0.4) is 0 Å². The van der Waals surface area contributed by atoms with Gasteiger partial charge in [0.25, 0.3) is 0 Å². The Morgan fingerprint density at radius 3 is 2.65 bits per heavy atom. The van der Waals surface area contributed by atoms with E-state index in [1.54, 1.807) is 19.3 Å². The second-order valence-electron chi connectivity index (χ2n) is 5.70. The molecule has 3 heterocycles. The van der Waals surface area contributed by atoms with Crippen LogP contribution in [0, 0.1) is 0 Å². The van der Waals surface area contributed by atoms with Gasteiger partial charge in [0.05, 0.1) is 17.1 Å². The van der Waals surface area contributed by atoms with Crippen LogP contribution in [0.2, 0.25) is 0 Å². The minimum Gasteiger partial charge on any atom is -0.329 e. The summed E-state index contributed by atoms with van der Waals surface area (Å²) < 4.78 is 2.09. The van der Waals surface area contributed by atoms with Crippen LogP contribution in [0.25, 0.3) is 11.0 Å². The third-order valence-corrected chi connectivity index (χ3v) is 4.23. The van der Waals surface area contributed by atoms with Crippen LogP contribution in [0.4, 0.5) is 5.95 Å².